The minimum Gasteiger partial charge on any atom is -0.444 e. The molecule has 2 aliphatic heterocycles. The number of carbonyl (C=O) groups is 1. The molecular weight excluding hydrogens is 459 g/mol. The van der Waals surface area contributed by atoms with Gasteiger partial charge in [-0.3, -0.25) is 14.6 Å². The van der Waals surface area contributed by atoms with Crippen molar-refractivity contribution in [3.8, 4) is 0 Å². The average molecular weight is 497 g/mol. The quantitative estimate of drug-likeness (QED) is 0.550. The van der Waals surface area contributed by atoms with Crippen molar-refractivity contribution in [2.45, 2.75) is 83.3 Å². The Morgan fingerprint density at radius 2 is 1.77 bits per heavy atom. The number of nitrogens with zero attached hydrogens (tertiary/aromatic N) is 3. The molecule has 194 valence electrons. The smallest absolute Gasteiger partial charge is 0.416 e. The van der Waals surface area contributed by atoms with Gasteiger partial charge in [0.05, 0.1) is 17.5 Å². The number of rotatable bonds is 2. The van der Waals surface area contributed by atoms with Crippen molar-refractivity contribution in [2.75, 3.05) is 32.7 Å². The van der Waals surface area contributed by atoms with Crippen LogP contribution in [-0.4, -0.2) is 81.3 Å². The van der Waals surface area contributed by atoms with E-state index < -0.39 is 17.3 Å². The average Bonchev–Trinajstić information content (AvgIpc) is 3.08. The minimum absolute atomic E-state index is 0.0255. The Balaban J connectivity index is 1.39. The topological polar surface area (TPSA) is 57.4 Å². The molecule has 2 fully saturated rings. The van der Waals surface area contributed by atoms with Gasteiger partial charge >= 0.3 is 18.1 Å². The zero-order valence-electron chi connectivity index (χ0n) is 21.3. The summed E-state index contributed by atoms with van der Waals surface area (Å²) in [7, 11) is 0. The first-order valence-electron chi connectivity index (χ1n) is 12.4. The maximum Gasteiger partial charge on any atom is 0.416 e. The number of amides is 1. The van der Waals surface area contributed by atoms with Crippen LogP contribution in [0.4, 0.5) is 18.0 Å². The molecule has 0 spiro atoms. The summed E-state index contributed by atoms with van der Waals surface area (Å²) in [4.78, 5) is 29.5. The van der Waals surface area contributed by atoms with E-state index in [-0.39, 0.29) is 29.5 Å². The van der Waals surface area contributed by atoms with E-state index in [2.05, 4.69) is 23.6 Å². The van der Waals surface area contributed by atoms with Crippen molar-refractivity contribution < 1.29 is 27.5 Å². The molecule has 3 aliphatic rings. The van der Waals surface area contributed by atoms with E-state index in [4.69, 9.17) is 4.74 Å². The molecule has 1 aromatic carbocycles. The van der Waals surface area contributed by atoms with E-state index in [0.29, 0.717) is 25.1 Å². The van der Waals surface area contributed by atoms with Crippen molar-refractivity contribution in [2.24, 2.45) is 0 Å². The highest BCUT2D eigenvalue weighted by atomic mass is 19.4. The normalized spacial score (nSPS) is 26.1. The van der Waals surface area contributed by atoms with Gasteiger partial charge in [-0.15, -0.1) is 0 Å². The first-order valence-corrected chi connectivity index (χ1v) is 12.4. The second-order valence-corrected chi connectivity index (χ2v) is 11.5. The van der Waals surface area contributed by atoms with Crippen LogP contribution in [-0.2, 0) is 10.9 Å². The lowest BCUT2D eigenvalue weighted by molar-refractivity contribution is -0.137. The molecule has 2 atom stereocenters. The number of halogens is 3. The number of alkyl halides is 3. The van der Waals surface area contributed by atoms with E-state index in [1.807, 2.05) is 20.8 Å². The molecule has 0 saturated carbocycles. The van der Waals surface area contributed by atoms with Crippen LogP contribution >= 0.6 is 0 Å². The van der Waals surface area contributed by atoms with E-state index in [1.165, 1.54) is 6.07 Å². The third-order valence-corrected chi connectivity index (χ3v) is 7.77. The van der Waals surface area contributed by atoms with Crippen LogP contribution in [0.25, 0.3) is 0 Å². The molecule has 0 radical (unpaired) electrons. The van der Waals surface area contributed by atoms with Crippen LogP contribution < -0.4 is 0 Å². The first-order chi connectivity index (χ1) is 16.2. The predicted molar refractivity (Wildman–Crippen MR) is 128 cm³/mol. The number of likely N-dealkylation sites (tertiary alicyclic amines) is 1. The second kappa shape index (κ2) is 9.07. The Kier molecular flexibility index (Phi) is 6.72. The number of hydrogen-bond donors (Lipinski definition) is 0. The van der Waals surface area contributed by atoms with Crippen molar-refractivity contribution in [1.29, 1.82) is 0 Å². The molecule has 2 saturated heterocycles. The molecule has 9 heteroatoms. The van der Waals surface area contributed by atoms with Gasteiger partial charge in [0, 0.05) is 50.3 Å². The molecular formula is C26H37F3N3O3+. The lowest BCUT2D eigenvalue weighted by Gasteiger charge is -2.52. The van der Waals surface area contributed by atoms with E-state index >= 15 is 0 Å². The van der Waals surface area contributed by atoms with Gasteiger partial charge in [-0.2, -0.15) is 13.2 Å². The molecule has 4 rings (SSSR count). The Labute approximate surface area is 205 Å². The summed E-state index contributed by atoms with van der Waals surface area (Å²) in [5.74, 6) is 0.0345. The van der Waals surface area contributed by atoms with Gasteiger partial charge in [0.25, 0.3) is 0 Å². The molecule has 0 bridgehead atoms. The molecule has 35 heavy (non-hydrogen) atoms. The number of hydrogen-bond acceptors (Lipinski definition) is 4. The van der Waals surface area contributed by atoms with Crippen LogP contribution in [0.1, 0.15) is 76.6 Å². The van der Waals surface area contributed by atoms with Crippen LogP contribution in [0.5, 0.6) is 0 Å². The fourth-order valence-electron chi connectivity index (χ4n) is 5.71. The number of piperazine rings is 1. The minimum atomic E-state index is -4.43. The first kappa shape index (κ1) is 25.9. The number of carbonyl (C=O) groups excluding carboxylic acids is 2. The summed E-state index contributed by atoms with van der Waals surface area (Å²) in [6.45, 7) is 13.7. The molecule has 6 nitrogen and oxygen atoms in total. The maximum absolute atomic E-state index is 13.2. The lowest BCUT2D eigenvalue weighted by Crippen LogP contribution is -2.62. The van der Waals surface area contributed by atoms with Gasteiger partial charge in [0.1, 0.15) is 5.60 Å². The molecule has 2 heterocycles. The summed E-state index contributed by atoms with van der Waals surface area (Å²) >= 11 is 0. The zero-order valence-corrected chi connectivity index (χ0v) is 21.3. The Morgan fingerprint density at radius 1 is 1.11 bits per heavy atom. The molecule has 2 unspecified atom stereocenters. The third-order valence-electron chi connectivity index (χ3n) is 7.77. The number of ketones is 1. The number of piperidine rings is 1. The monoisotopic (exact) mass is 496 g/mol. The Bertz CT molecular complexity index is 980. The van der Waals surface area contributed by atoms with Gasteiger partial charge in [0.15, 0.2) is 0 Å². The fraction of sp³-hybridized carbons (Fsp3) is 0.692. The van der Waals surface area contributed by atoms with Gasteiger partial charge < -0.3 is 9.64 Å². The second-order valence-electron chi connectivity index (χ2n) is 11.5. The van der Waals surface area contributed by atoms with Crippen molar-refractivity contribution in [3.63, 3.8) is 0 Å². The third kappa shape index (κ3) is 5.35. The van der Waals surface area contributed by atoms with Crippen molar-refractivity contribution in [1.82, 2.24) is 14.7 Å². The molecule has 1 aromatic rings. The van der Waals surface area contributed by atoms with E-state index in [0.717, 1.165) is 50.2 Å². The lowest BCUT2D eigenvalue weighted by atomic mass is 9.86. The van der Waals surface area contributed by atoms with Crippen LogP contribution in [0, 0.1) is 0 Å². The molecule has 1 N–H and O–H groups in total. The predicted octanol–water partition coefficient (Wildman–Crippen LogP) is 4.84. The standard InChI is InChI=1S/C26H36F3N3O3/c1-17-16-31(25(5)8-10-30(11-9-25)23(34)35-24(2,3)4)12-13-32(17)21-15-22(33)20-14-18(26(27,28)29)6-7-19(20)21/h6-7,14,17,21H,8-13,15-16H2,1-5H3/p+1. The van der Waals surface area contributed by atoms with Crippen LogP contribution in [0.15, 0.2) is 18.2 Å². The van der Waals surface area contributed by atoms with E-state index in [9.17, 15) is 22.8 Å². The summed E-state index contributed by atoms with van der Waals surface area (Å²) in [5.41, 5.74) is -0.175. The SMILES string of the molecule is CC1CN(C2(C)CCN(C(=O)OC(C)(C)C)CC2)CCN1C1CC(=[OH+])c2cc(C(F)(F)F)ccc21. The summed E-state index contributed by atoms with van der Waals surface area (Å²) in [6.07, 6.45) is -2.63. The van der Waals surface area contributed by atoms with E-state index in [1.54, 1.807) is 4.90 Å². The highest BCUT2D eigenvalue weighted by Gasteiger charge is 2.45. The Hall–Kier alpha value is -2.13. The largest absolute Gasteiger partial charge is 0.444 e. The van der Waals surface area contributed by atoms with Gasteiger partial charge in [-0.25, -0.2) is 4.79 Å². The molecule has 1 amide bonds. The van der Waals surface area contributed by atoms with Gasteiger partial charge in [-0.1, -0.05) is 6.07 Å². The van der Waals surface area contributed by atoms with Crippen LogP contribution in [0.3, 0.4) is 0 Å². The number of benzene rings is 1. The van der Waals surface area contributed by atoms with Crippen LogP contribution in [0.2, 0.25) is 0 Å². The summed E-state index contributed by atoms with van der Waals surface area (Å²) in [5, 5.41) is 0. The summed E-state index contributed by atoms with van der Waals surface area (Å²) < 4.78 is 45.0. The fourth-order valence-corrected chi connectivity index (χ4v) is 5.71. The summed E-state index contributed by atoms with van der Waals surface area (Å²) in [6, 6.07) is 3.77. The number of fused-ring (bicyclic) bond motifs is 1. The highest BCUT2D eigenvalue weighted by Crippen LogP contribution is 2.41. The zero-order chi connectivity index (χ0) is 25.8. The Morgan fingerprint density at radius 3 is 2.34 bits per heavy atom. The maximum atomic E-state index is 13.2. The molecule has 0 aromatic heterocycles. The van der Waals surface area contributed by atoms with Gasteiger partial charge in [0.2, 0.25) is 0 Å². The molecule has 1 aliphatic carbocycles. The highest BCUT2D eigenvalue weighted by molar-refractivity contribution is 6.02. The number of ether oxygens (including phenoxy) is 1. The van der Waals surface area contributed by atoms with Gasteiger partial charge in [-0.05, 0) is 65.2 Å². The van der Waals surface area contributed by atoms with Crippen molar-refractivity contribution >= 4 is 11.9 Å². The van der Waals surface area contributed by atoms with Crippen molar-refractivity contribution in [3.05, 3.63) is 34.9 Å².